The van der Waals surface area contributed by atoms with Gasteiger partial charge in [-0.25, -0.2) is 8.78 Å². The fourth-order valence-corrected chi connectivity index (χ4v) is 3.26. The Balaban J connectivity index is 1.94. The van der Waals surface area contributed by atoms with Crippen molar-refractivity contribution in [2.24, 2.45) is 0 Å². The summed E-state index contributed by atoms with van der Waals surface area (Å²) in [4.78, 5) is 1.82. The molecule has 0 amide bonds. The van der Waals surface area contributed by atoms with Crippen LogP contribution in [0.2, 0.25) is 0 Å². The number of halogens is 2. The lowest BCUT2D eigenvalue weighted by Crippen LogP contribution is -1.83. The summed E-state index contributed by atoms with van der Waals surface area (Å²) >= 11 is 3.03. The quantitative estimate of drug-likeness (QED) is 0.679. The first-order valence-corrected chi connectivity index (χ1v) is 7.80. The highest BCUT2D eigenvalue weighted by Gasteiger charge is 2.04. The number of thiophene rings is 1. The Kier molecular flexibility index (Phi) is 5.60. The van der Waals surface area contributed by atoms with Crippen molar-refractivity contribution in [3.05, 3.63) is 51.7 Å². The summed E-state index contributed by atoms with van der Waals surface area (Å²) in [6, 6.07) is 5.88. The molecule has 0 radical (unpaired) electrons. The molecule has 0 atom stereocenters. The molecule has 1 N–H and O–H groups in total. The zero-order chi connectivity index (χ0) is 14.4. The monoisotopic (exact) mass is 310 g/mol. The standard InChI is InChI=1S/C15H12F2OS2/c16-14-5-4-12(8-15(14)17)20-10-13-7-11(9-19-13)3-1-2-6-18/h4-5,7-9,18H,2,6,10H2. The van der Waals surface area contributed by atoms with Gasteiger partial charge >= 0.3 is 0 Å². The van der Waals surface area contributed by atoms with Crippen molar-refractivity contribution in [1.29, 1.82) is 0 Å². The van der Waals surface area contributed by atoms with Crippen LogP contribution in [0.3, 0.4) is 0 Å². The van der Waals surface area contributed by atoms with E-state index in [9.17, 15) is 8.78 Å². The smallest absolute Gasteiger partial charge is 0.159 e. The van der Waals surface area contributed by atoms with Gasteiger partial charge in [0.1, 0.15) is 0 Å². The largest absolute Gasteiger partial charge is 0.395 e. The van der Waals surface area contributed by atoms with Crippen molar-refractivity contribution in [3.63, 3.8) is 0 Å². The van der Waals surface area contributed by atoms with Crippen molar-refractivity contribution < 1.29 is 13.9 Å². The van der Waals surface area contributed by atoms with Crippen LogP contribution in [0, 0.1) is 23.5 Å². The van der Waals surface area contributed by atoms with Gasteiger partial charge in [0, 0.05) is 32.9 Å². The molecule has 20 heavy (non-hydrogen) atoms. The van der Waals surface area contributed by atoms with Crippen LogP contribution in [0.15, 0.2) is 34.5 Å². The third-order valence-corrected chi connectivity index (χ3v) is 4.56. The third-order valence-electron chi connectivity index (χ3n) is 2.40. The Morgan fingerprint density at radius 3 is 2.80 bits per heavy atom. The summed E-state index contributed by atoms with van der Waals surface area (Å²) in [5.41, 5.74) is 0.921. The van der Waals surface area contributed by atoms with E-state index < -0.39 is 11.6 Å². The Morgan fingerprint density at radius 1 is 1.20 bits per heavy atom. The van der Waals surface area contributed by atoms with Crippen LogP contribution >= 0.6 is 23.1 Å². The molecular formula is C15H12F2OS2. The van der Waals surface area contributed by atoms with E-state index in [1.54, 1.807) is 17.4 Å². The number of aliphatic hydroxyl groups excluding tert-OH is 1. The van der Waals surface area contributed by atoms with E-state index in [0.717, 1.165) is 16.5 Å². The molecule has 1 aromatic carbocycles. The van der Waals surface area contributed by atoms with E-state index in [1.165, 1.54) is 17.8 Å². The van der Waals surface area contributed by atoms with Gasteiger partial charge < -0.3 is 5.11 Å². The molecule has 0 unspecified atom stereocenters. The first-order valence-electron chi connectivity index (χ1n) is 5.94. The van der Waals surface area contributed by atoms with Gasteiger partial charge in [0.05, 0.1) is 6.61 Å². The zero-order valence-corrected chi connectivity index (χ0v) is 12.2. The van der Waals surface area contributed by atoms with Gasteiger partial charge in [-0.2, -0.15) is 0 Å². The summed E-state index contributed by atoms with van der Waals surface area (Å²) in [5, 5.41) is 10.6. The maximum absolute atomic E-state index is 13.1. The molecule has 0 bridgehead atoms. The molecular weight excluding hydrogens is 298 g/mol. The Morgan fingerprint density at radius 2 is 2.05 bits per heavy atom. The second kappa shape index (κ2) is 7.44. The molecule has 5 heteroatoms. The lowest BCUT2D eigenvalue weighted by atomic mass is 10.3. The van der Waals surface area contributed by atoms with Crippen LogP contribution in [0.1, 0.15) is 16.9 Å². The van der Waals surface area contributed by atoms with Crippen LogP contribution < -0.4 is 0 Å². The summed E-state index contributed by atoms with van der Waals surface area (Å²) in [5.74, 6) is 4.87. The van der Waals surface area contributed by atoms with Crippen LogP contribution in [-0.2, 0) is 5.75 Å². The van der Waals surface area contributed by atoms with E-state index in [-0.39, 0.29) is 6.61 Å². The van der Waals surface area contributed by atoms with E-state index in [2.05, 4.69) is 11.8 Å². The molecule has 0 spiro atoms. The van der Waals surface area contributed by atoms with Gasteiger partial charge in [-0.15, -0.1) is 23.1 Å². The Hall–Kier alpha value is -1.35. The first-order chi connectivity index (χ1) is 9.69. The molecule has 0 saturated carbocycles. The van der Waals surface area contributed by atoms with Crippen molar-refractivity contribution in [2.75, 3.05) is 6.61 Å². The predicted octanol–water partition coefficient (Wildman–Crippen LogP) is 4.05. The highest BCUT2D eigenvalue weighted by atomic mass is 32.2. The summed E-state index contributed by atoms with van der Waals surface area (Å²) in [6.07, 6.45) is 0.467. The van der Waals surface area contributed by atoms with Gasteiger partial charge in [-0.1, -0.05) is 11.8 Å². The number of thioether (sulfide) groups is 1. The van der Waals surface area contributed by atoms with Gasteiger partial charge in [0.25, 0.3) is 0 Å². The zero-order valence-electron chi connectivity index (χ0n) is 10.5. The Bertz CT molecular complexity index is 641. The first kappa shape index (κ1) is 15.0. The number of hydrogen-bond acceptors (Lipinski definition) is 3. The molecule has 2 aromatic rings. The summed E-state index contributed by atoms with van der Waals surface area (Å²) in [6.45, 7) is 0.0655. The minimum atomic E-state index is -0.827. The number of hydrogen-bond donors (Lipinski definition) is 1. The highest BCUT2D eigenvalue weighted by molar-refractivity contribution is 7.98. The molecule has 2 rings (SSSR count). The van der Waals surface area contributed by atoms with Gasteiger partial charge in [0.2, 0.25) is 0 Å². The summed E-state index contributed by atoms with van der Waals surface area (Å²) < 4.78 is 25.9. The van der Waals surface area contributed by atoms with Crippen LogP contribution in [0.4, 0.5) is 8.78 Å². The van der Waals surface area contributed by atoms with Crippen LogP contribution in [-0.4, -0.2) is 11.7 Å². The highest BCUT2D eigenvalue weighted by Crippen LogP contribution is 2.27. The van der Waals surface area contributed by atoms with Crippen LogP contribution in [0.5, 0.6) is 0 Å². The van der Waals surface area contributed by atoms with Gasteiger partial charge in [-0.3, -0.25) is 0 Å². The minimum absolute atomic E-state index is 0.0655. The maximum Gasteiger partial charge on any atom is 0.159 e. The van der Waals surface area contributed by atoms with Crippen molar-refractivity contribution in [2.45, 2.75) is 17.1 Å². The fraction of sp³-hybridized carbons (Fsp3) is 0.200. The SMILES string of the molecule is OCCC#Cc1csc(CSc2ccc(F)c(F)c2)c1. The molecule has 0 fully saturated rings. The van der Waals surface area contributed by atoms with Crippen molar-refractivity contribution in [3.8, 4) is 11.8 Å². The molecule has 1 aromatic heterocycles. The van der Waals surface area contributed by atoms with Gasteiger partial charge in [-0.05, 0) is 24.3 Å². The second-order valence-electron chi connectivity index (χ2n) is 3.94. The van der Waals surface area contributed by atoms with Crippen molar-refractivity contribution in [1.82, 2.24) is 0 Å². The number of rotatable bonds is 4. The molecule has 0 saturated heterocycles. The lowest BCUT2D eigenvalue weighted by Gasteiger charge is -2.00. The maximum atomic E-state index is 13.1. The average Bonchev–Trinajstić information content (AvgIpc) is 2.88. The van der Waals surface area contributed by atoms with Crippen LogP contribution in [0.25, 0.3) is 0 Å². The Labute approximate surface area is 124 Å². The molecule has 104 valence electrons. The summed E-state index contributed by atoms with van der Waals surface area (Å²) in [7, 11) is 0. The lowest BCUT2D eigenvalue weighted by molar-refractivity contribution is 0.305. The van der Waals surface area contributed by atoms with Crippen molar-refractivity contribution >= 4 is 23.1 Å². The fourth-order valence-electron chi connectivity index (χ4n) is 1.46. The van der Waals surface area contributed by atoms with E-state index >= 15 is 0 Å². The normalized spacial score (nSPS) is 10.2. The topological polar surface area (TPSA) is 20.2 Å². The number of benzene rings is 1. The minimum Gasteiger partial charge on any atom is -0.395 e. The molecule has 0 aliphatic heterocycles. The molecule has 0 aliphatic rings. The number of aliphatic hydroxyl groups is 1. The molecule has 0 aliphatic carbocycles. The average molecular weight is 310 g/mol. The van der Waals surface area contributed by atoms with E-state index in [1.807, 2.05) is 11.4 Å². The third kappa shape index (κ3) is 4.34. The van der Waals surface area contributed by atoms with Gasteiger partial charge in [0.15, 0.2) is 11.6 Å². The predicted molar refractivity (Wildman–Crippen MR) is 78.8 cm³/mol. The van der Waals surface area contributed by atoms with E-state index in [0.29, 0.717) is 17.1 Å². The van der Waals surface area contributed by atoms with E-state index in [4.69, 9.17) is 5.11 Å². The molecule has 1 nitrogen and oxygen atoms in total. The molecule has 1 heterocycles. The second-order valence-corrected chi connectivity index (χ2v) is 5.99.